The predicted molar refractivity (Wildman–Crippen MR) is 57.6 cm³/mol. The van der Waals surface area contributed by atoms with Gasteiger partial charge in [-0.2, -0.15) is 0 Å². The van der Waals surface area contributed by atoms with Crippen LogP contribution in [0.15, 0.2) is 30.3 Å². The minimum absolute atomic E-state index is 0.659. The van der Waals surface area contributed by atoms with Gasteiger partial charge >= 0.3 is 6.09 Å². The van der Waals surface area contributed by atoms with Crippen LogP contribution in [0.5, 0.6) is 0 Å². The standard InChI is InChI=1S/C9H12.C2H5NO2/c1-8(2)9-6-4-3-5-7-9;1-3-2(4)5/h3-8H,1-2H3;3H,1H3,(H,4,5). The van der Waals surface area contributed by atoms with Crippen molar-refractivity contribution in [2.45, 2.75) is 19.8 Å². The summed E-state index contributed by atoms with van der Waals surface area (Å²) in [6, 6.07) is 10.5. The van der Waals surface area contributed by atoms with Gasteiger partial charge in [0.15, 0.2) is 0 Å². The lowest BCUT2D eigenvalue weighted by atomic mass is 10.0. The van der Waals surface area contributed by atoms with Crippen molar-refractivity contribution in [2.24, 2.45) is 0 Å². The van der Waals surface area contributed by atoms with Crippen molar-refractivity contribution < 1.29 is 9.90 Å². The van der Waals surface area contributed by atoms with Crippen LogP contribution in [0.2, 0.25) is 0 Å². The smallest absolute Gasteiger partial charge is 0.404 e. The molecule has 0 bridgehead atoms. The molecule has 1 aromatic rings. The van der Waals surface area contributed by atoms with Gasteiger partial charge in [-0.15, -0.1) is 0 Å². The number of hydrogen-bond acceptors (Lipinski definition) is 1. The maximum Gasteiger partial charge on any atom is 0.404 e. The Morgan fingerprint density at radius 2 is 1.71 bits per heavy atom. The molecule has 0 aliphatic carbocycles. The molecule has 3 heteroatoms. The van der Waals surface area contributed by atoms with Gasteiger partial charge in [0.1, 0.15) is 0 Å². The molecule has 0 fully saturated rings. The van der Waals surface area contributed by atoms with E-state index in [9.17, 15) is 4.79 Å². The molecule has 78 valence electrons. The molecule has 0 radical (unpaired) electrons. The molecule has 1 rings (SSSR count). The SMILES string of the molecule is CC(C)c1ccccc1.CNC(=O)O. The van der Waals surface area contributed by atoms with Crippen molar-refractivity contribution in [3.63, 3.8) is 0 Å². The minimum atomic E-state index is -0.995. The lowest BCUT2D eigenvalue weighted by molar-refractivity contribution is 0.197. The van der Waals surface area contributed by atoms with Gasteiger partial charge < -0.3 is 10.4 Å². The molecule has 1 amide bonds. The third-order valence-electron chi connectivity index (χ3n) is 1.68. The van der Waals surface area contributed by atoms with Gasteiger partial charge in [-0.05, 0) is 11.5 Å². The molecule has 0 saturated heterocycles. The Balaban J connectivity index is 0.000000292. The van der Waals surface area contributed by atoms with Gasteiger partial charge in [-0.3, -0.25) is 0 Å². The van der Waals surface area contributed by atoms with Crippen molar-refractivity contribution >= 4 is 6.09 Å². The zero-order valence-electron chi connectivity index (χ0n) is 8.82. The Morgan fingerprint density at radius 3 is 1.93 bits per heavy atom. The first-order chi connectivity index (χ1) is 6.57. The second-order valence-electron chi connectivity index (χ2n) is 3.12. The van der Waals surface area contributed by atoms with Crippen LogP contribution in [0.3, 0.4) is 0 Å². The van der Waals surface area contributed by atoms with E-state index in [0.717, 1.165) is 0 Å². The summed E-state index contributed by atoms with van der Waals surface area (Å²) in [5.74, 6) is 0.659. The summed E-state index contributed by atoms with van der Waals surface area (Å²) >= 11 is 0. The third kappa shape index (κ3) is 6.06. The number of hydrogen-bond donors (Lipinski definition) is 2. The summed E-state index contributed by atoms with van der Waals surface area (Å²) in [5.41, 5.74) is 1.41. The van der Waals surface area contributed by atoms with Crippen LogP contribution in [-0.2, 0) is 0 Å². The van der Waals surface area contributed by atoms with Gasteiger partial charge in [-0.1, -0.05) is 44.2 Å². The van der Waals surface area contributed by atoms with Gasteiger partial charge in [0.2, 0.25) is 0 Å². The van der Waals surface area contributed by atoms with E-state index in [4.69, 9.17) is 5.11 Å². The van der Waals surface area contributed by atoms with E-state index in [1.165, 1.54) is 12.6 Å². The van der Waals surface area contributed by atoms with Crippen LogP contribution >= 0.6 is 0 Å². The van der Waals surface area contributed by atoms with Crippen LogP contribution < -0.4 is 5.32 Å². The zero-order valence-corrected chi connectivity index (χ0v) is 8.82. The number of carboxylic acid groups (broad SMARTS) is 1. The molecule has 3 nitrogen and oxygen atoms in total. The first kappa shape index (κ1) is 12.5. The van der Waals surface area contributed by atoms with E-state index in [1.807, 2.05) is 11.4 Å². The monoisotopic (exact) mass is 195 g/mol. The summed E-state index contributed by atoms with van der Waals surface area (Å²) in [4.78, 5) is 9.26. The van der Waals surface area contributed by atoms with Gasteiger partial charge in [0.05, 0.1) is 0 Å². The largest absolute Gasteiger partial charge is 0.465 e. The molecule has 0 heterocycles. The number of amides is 1. The summed E-state index contributed by atoms with van der Waals surface area (Å²) in [6.07, 6.45) is -0.995. The quantitative estimate of drug-likeness (QED) is 0.723. The molecular formula is C11H17NO2. The van der Waals surface area contributed by atoms with Crippen LogP contribution in [0.25, 0.3) is 0 Å². The molecule has 1 aromatic carbocycles. The Labute approximate surface area is 84.8 Å². The second-order valence-corrected chi connectivity index (χ2v) is 3.12. The molecule has 2 N–H and O–H groups in total. The van der Waals surface area contributed by atoms with Crippen LogP contribution in [-0.4, -0.2) is 18.2 Å². The highest BCUT2D eigenvalue weighted by Crippen LogP contribution is 2.11. The summed E-state index contributed by atoms with van der Waals surface area (Å²) in [5, 5.41) is 9.56. The fourth-order valence-corrected chi connectivity index (χ4v) is 0.838. The first-order valence-electron chi connectivity index (χ1n) is 4.53. The van der Waals surface area contributed by atoms with Crippen molar-refractivity contribution in [3.8, 4) is 0 Å². The molecule has 14 heavy (non-hydrogen) atoms. The minimum Gasteiger partial charge on any atom is -0.465 e. The predicted octanol–water partition coefficient (Wildman–Crippen LogP) is 2.69. The van der Waals surface area contributed by atoms with E-state index >= 15 is 0 Å². The van der Waals surface area contributed by atoms with Gasteiger partial charge in [0, 0.05) is 7.05 Å². The average molecular weight is 195 g/mol. The number of carbonyl (C=O) groups is 1. The van der Waals surface area contributed by atoms with Crippen LogP contribution in [0, 0.1) is 0 Å². The first-order valence-corrected chi connectivity index (χ1v) is 4.53. The normalized spacial score (nSPS) is 8.86. The fourth-order valence-electron chi connectivity index (χ4n) is 0.838. The van der Waals surface area contributed by atoms with E-state index in [0.29, 0.717) is 5.92 Å². The highest BCUT2D eigenvalue weighted by atomic mass is 16.4. The Morgan fingerprint density at radius 1 is 1.29 bits per heavy atom. The average Bonchev–Trinajstić information content (AvgIpc) is 2.20. The Kier molecular flexibility index (Phi) is 6.20. The highest BCUT2D eigenvalue weighted by Gasteiger charge is 1.93. The van der Waals surface area contributed by atoms with E-state index in [1.54, 1.807) is 0 Å². The number of rotatable bonds is 1. The molecular weight excluding hydrogens is 178 g/mol. The van der Waals surface area contributed by atoms with Crippen molar-refractivity contribution in [1.29, 1.82) is 0 Å². The Hall–Kier alpha value is -1.51. The number of nitrogens with one attached hydrogen (secondary N) is 1. The molecule has 0 spiro atoms. The second kappa shape index (κ2) is 6.95. The molecule has 0 aromatic heterocycles. The molecule has 0 aliphatic heterocycles. The van der Waals surface area contributed by atoms with E-state index in [-0.39, 0.29) is 0 Å². The number of benzene rings is 1. The van der Waals surface area contributed by atoms with Crippen LogP contribution in [0.1, 0.15) is 25.3 Å². The van der Waals surface area contributed by atoms with Crippen molar-refractivity contribution in [3.05, 3.63) is 35.9 Å². The van der Waals surface area contributed by atoms with Crippen molar-refractivity contribution in [1.82, 2.24) is 5.32 Å². The topological polar surface area (TPSA) is 49.3 Å². The van der Waals surface area contributed by atoms with Gasteiger partial charge in [0.25, 0.3) is 0 Å². The Bertz CT molecular complexity index is 257. The molecule has 0 atom stereocenters. The summed E-state index contributed by atoms with van der Waals surface area (Å²) < 4.78 is 0. The zero-order chi connectivity index (χ0) is 11.0. The maximum atomic E-state index is 9.26. The van der Waals surface area contributed by atoms with Gasteiger partial charge in [-0.25, -0.2) is 4.79 Å². The lowest BCUT2D eigenvalue weighted by Gasteiger charge is -2.01. The van der Waals surface area contributed by atoms with E-state index in [2.05, 4.69) is 38.1 Å². The maximum absolute atomic E-state index is 9.26. The van der Waals surface area contributed by atoms with E-state index < -0.39 is 6.09 Å². The molecule has 0 saturated carbocycles. The fraction of sp³-hybridized carbons (Fsp3) is 0.364. The molecule has 0 aliphatic rings. The van der Waals surface area contributed by atoms with Crippen LogP contribution in [0.4, 0.5) is 4.79 Å². The highest BCUT2D eigenvalue weighted by molar-refractivity contribution is 5.63. The summed E-state index contributed by atoms with van der Waals surface area (Å²) in [6.45, 7) is 4.41. The summed E-state index contributed by atoms with van der Waals surface area (Å²) in [7, 11) is 1.35. The lowest BCUT2D eigenvalue weighted by Crippen LogP contribution is -2.13. The molecule has 0 unspecified atom stereocenters. The third-order valence-corrected chi connectivity index (χ3v) is 1.68. The van der Waals surface area contributed by atoms with Crippen molar-refractivity contribution in [2.75, 3.05) is 7.05 Å².